The first-order valence-corrected chi connectivity index (χ1v) is 9.58. The second-order valence-electron chi connectivity index (χ2n) is 7.75. The number of halogens is 1. The first-order chi connectivity index (χ1) is 12.2. The van der Waals surface area contributed by atoms with Crippen LogP contribution in [0.4, 0.5) is 4.79 Å². The van der Waals surface area contributed by atoms with Gasteiger partial charge in [-0.05, 0) is 58.2 Å². The van der Waals surface area contributed by atoms with Gasteiger partial charge in [0.05, 0.1) is 5.92 Å². The Kier molecular flexibility index (Phi) is 6.93. The number of rotatable bonds is 4. The predicted molar refractivity (Wildman–Crippen MR) is 103 cm³/mol. The number of likely N-dealkylation sites (tertiary alicyclic amines) is 1. The Morgan fingerprint density at radius 3 is 2.69 bits per heavy atom. The van der Waals surface area contributed by atoms with Gasteiger partial charge in [-0.25, -0.2) is 4.79 Å². The Morgan fingerprint density at radius 2 is 2.08 bits per heavy atom. The molecule has 1 fully saturated rings. The SMILES string of the molecule is CCN(Cc1cccc(Cl)c1)C(=O)[C@H]1CCCN(C(=O)OC(C)(C)C)C1. The molecule has 2 rings (SSSR count). The zero-order chi connectivity index (χ0) is 19.3. The number of hydrogen-bond donors (Lipinski definition) is 0. The van der Waals surface area contributed by atoms with E-state index in [0.717, 1.165) is 18.4 Å². The highest BCUT2D eigenvalue weighted by Crippen LogP contribution is 2.22. The summed E-state index contributed by atoms with van der Waals surface area (Å²) in [4.78, 5) is 28.8. The second kappa shape index (κ2) is 8.76. The van der Waals surface area contributed by atoms with Crippen LogP contribution in [0.2, 0.25) is 5.02 Å². The average molecular weight is 381 g/mol. The number of ether oxygens (including phenoxy) is 1. The minimum atomic E-state index is -0.532. The van der Waals surface area contributed by atoms with Crippen LogP contribution in [-0.2, 0) is 16.1 Å². The molecule has 0 unspecified atom stereocenters. The molecular formula is C20H29ClN2O3. The van der Waals surface area contributed by atoms with Gasteiger partial charge >= 0.3 is 6.09 Å². The minimum absolute atomic E-state index is 0.0840. The van der Waals surface area contributed by atoms with E-state index < -0.39 is 5.60 Å². The van der Waals surface area contributed by atoms with Crippen molar-refractivity contribution in [1.82, 2.24) is 9.80 Å². The van der Waals surface area contributed by atoms with Gasteiger partial charge in [0.25, 0.3) is 0 Å². The lowest BCUT2D eigenvalue weighted by Crippen LogP contribution is -2.47. The summed E-state index contributed by atoms with van der Waals surface area (Å²) in [6, 6.07) is 7.56. The molecule has 5 nitrogen and oxygen atoms in total. The quantitative estimate of drug-likeness (QED) is 0.780. The highest BCUT2D eigenvalue weighted by atomic mass is 35.5. The van der Waals surface area contributed by atoms with Gasteiger partial charge in [-0.2, -0.15) is 0 Å². The Morgan fingerprint density at radius 1 is 1.35 bits per heavy atom. The summed E-state index contributed by atoms with van der Waals surface area (Å²) >= 11 is 6.04. The molecule has 1 atom stereocenters. The molecule has 1 saturated heterocycles. The molecule has 0 N–H and O–H groups in total. The van der Waals surface area contributed by atoms with Crippen molar-refractivity contribution in [3.8, 4) is 0 Å². The van der Waals surface area contributed by atoms with E-state index in [2.05, 4.69) is 0 Å². The molecule has 0 bridgehead atoms. The molecule has 0 aromatic heterocycles. The largest absolute Gasteiger partial charge is 0.444 e. The lowest BCUT2D eigenvalue weighted by atomic mass is 9.96. The normalized spacial score (nSPS) is 17.7. The molecule has 1 aromatic carbocycles. The van der Waals surface area contributed by atoms with E-state index in [4.69, 9.17) is 16.3 Å². The monoisotopic (exact) mass is 380 g/mol. The van der Waals surface area contributed by atoms with Crippen LogP contribution in [0.25, 0.3) is 0 Å². The lowest BCUT2D eigenvalue weighted by Gasteiger charge is -2.35. The van der Waals surface area contributed by atoms with Crippen LogP contribution in [0.15, 0.2) is 24.3 Å². The number of piperidine rings is 1. The Hall–Kier alpha value is -1.75. The fourth-order valence-corrected chi connectivity index (χ4v) is 3.34. The van der Waals surface area contributed by atoms with Gasteiger partial charge < -0.3 is 14.5 Å². The molecule has 1 aliphatic rings. The summed E-state index contributed by atoms with van der Waals surface area (Å²) in [6.45, 7) is 9.72. The van der Waals surface area contributed by atoms with Crippen molar-refractivity contribution in [2.24, 2.45) is 5.92 Å². The van der Waals surface area contributed by atoms with E-state index in [9.17, 15) is 9.59 Å². The van der Waals surface area contributed by atoms with Crippen LogP contribution in [-0.4, -0.2) is 47.0 Å². The number of benzene rings is 1. The average Bonchev–Trinajstić information content (AvgIpc) is 2.58. The zero-order valence-corrected chi connectivity index (χ0v) is 16.9. The van der Waals surface area contributed by atoms with Gasteiger partial charge in [0, 0.05) is 31.2 Å². The van der Waals surface area contributed by atoms with E-state index in [-0.39, 0.29) is 17.9 Å². The first kappa shape index (κ1) is 20.6. The third-order valence-corrected chi connectivity index (χ3v) is 4.61. The highest BCUT2D eigenvalue weighted by molar-refractivity contribution is 6.30. The zero-order valence-electron chi connectivity index (χ0n) is 16.1. The Bertz CT molecular complexity index is 642. The maximum Gasteiger partial charge on any atom is 0.410 e. The molecule has 1 heterocycles. The maximum atomic E-state index is 13.0. The molecule has 0 radical (unpaired) electrons. The van der Waals surface area contributed by atoms with Crippen molar-refractivity contribution in [3.05, 3.63) is 34.9 Å². The standard InChI is InChI=1S/C20H29ClN2O3/c1-5-22(13-15-8-6-10-17(21)12-15)18(24)16-9-7-11-23(14-16)19(25)26-20(2,3)4/h6,8,10,12,16H,5,7,9,11,13-14H2,1-4H3/t16-/m0/s1. The van der Waals surface area contributed by atoms with E-state index in [1.165, 1.54) is 0 Å². The van der Waals surface area contributed by atoms with Crippen molar-refractivity contribution in [3.63, 3.8) is 0 Å². The molecule has 0 saturated carbocycles. The van der Waals surface area contributed by atoms with Crippen LogP contribution in [0.1, 0.15) is 46.1 Å². The molecule has 1 aliphatic heterocycles. The smallest absolute Gasteiger partial charge is 0.410 e. The molecular weight excluding hydrogens is 352 g/mol. The third kappa shape index (κ3) is 5.90. The summed E-state index contributed by atoms with van der Waals surface area (Å²) in [7, 11) is 0. The summed E-state index contributed by atoms with van der Waals surface area (Å²) in [6.07, 6.45) is 1.27. The maximum absolute atomic E-state index is 13.0. The van der Waals surface area contributed by atoms with Crippen molar-refractivity contribution < 1.29 is 14.3 Å². The van der Waals surface area contributed by atoms with Gasteiger partial charge in [-0.3, -0.25) is 4.79 Å². The summed E-state index contributed by atoms with van der Waals surface area (Å²) in [5.41, 5.74) is 0.475. The number of carbonyl (C=O) groups is 2. The lowest BCUT2D eigenvalue weighted by molar-refractivity contribution is -0.137. The number of nitrogens with zero attached hydrogens (tertiary/aromatic N) is 2. The van der Waals surface area contributed by atoms with E-state index in [1.54, 1.807) is 4.90 Å². The van der Waals surface area contributed by atoms with Gasteiger partial charge in [-0.1, -0.05) is 23.7 Å². The summed E-state index contributed by atoms with van der Waals surface area (Å²) in [5, 5.41) is 0.666. The number of carbonyl (C=O) groups excluding carboxylic acids is 2. The molecule has 6 heteroatoms. The van der Waals surface area contributed by atoms with Crippen LogP contribution in [0.3, 0.4) is 0 Å². The van der Waals surface area contributed by atoms with E-state index >= 15 is 0 Å². The van der Waals surface area contributed by atoms with E-state index in [1.807, 2.05) is 56.9 Å². The van der Waals surface area contributed by atoms with Gasteiger partial charge in [0.2, 0.25) is 5.91 Å². The first-order valence-electron chi connectivity index (χ1n) is 9.20. The van der Waals surface area contributed by atoms with Crippen LogP contribution < -0.4 is 0 Å². The fourth-order valence-electron chi connectivity index (χ4n) is 3.13. The summed E-state index contributed by atoms with van der Waals surface area (Å²) < 4.78 is 5.45. The van der Waals surface area contributed by atoms with Crippen molar-refractivity contribution >= 4 is 23.6 Å². The predicted octanol–water partition coefficient (Wildman–Crippen LogP) is 4.34. The molecule has 0 aliphatic carbocycles. The summed E-state index contributed by atoms with van der Waals surface area (Å²) in [5.74, 6) is -0.101. The molecule has 0 spiro atoms. The molecule has 1 aromatic rings. The topological polar surface area (TPSA) is 49.9 Å². The van der Waals surface area contributed by atoms with Gasteiger partial charge in [-0.15, -0.1) is 0 Å². The number of amides is 2. The number of hydrogen-bond acceptors (Lipinski definition) is 3. The van der Waals surface area contributed by atoms with Crippen LogP contribution in [0, 0.1) is 5.92 Å². The van der Waals surface area contributed by atoms with Gasteiger partial charge in [0.15, 0.2) is 0 Å². The second-order valence-corrected chi connectivity index (χ2v) is 8.18. The molecule has 26 heavy (non-hydrogen) atoms. The third-order valence-electron chi connectivity index (χ3n) is 4.38. The Labute approximate surface area is 161 Å². The van der Waals surface area contributed by atoms with Crippen molar-refractivity contribution in [1.29, 1.82) is 0 Å². The molecule has 144 valence electrons. The van der Waals surface area contributed by atoms with Crippen LogP contribution in [0.5, 0.6) is 0 Å². The molecule has 2 amide bonds. The highest BCUT2D eigenvalue weighted by Gasteiger charge is 2.32. The van der Waals surface area contributed by atoms with Crippen molar-refractivity contribution in [2.45, 2.75) is 52.7 Å². The minimum Gasteiger partial charge on any atom is -0.444 e. The fraction of sp³-hybridized carbons (Fsp3) is 0.600. The van der Waals surface area contributed by atoms with Crippen LogP contribution >= 0.6 is 11.6 Å². The van der Waals surface area contributed by atoms with E-state index in [0.29, 0.717) is 31.2 Å². The Balaban J connectivity index is 2.01. The van der Waals surface area contributed by atoms with Crippen molar-refractivity contribution in [2.75, 3.05) is 19.6 Å². The van der Waals surface area contributed by atoms with Gasteiger partial charge in [0.1, 0.15) is 5.60 Å².